The molecule has 1 heterocycles. The summed E-state index contributed by atoms with van der Waals surface area (Å²) in [4.78, 5) is 17.9. The Morgan fingerprint density at radius 3 is 2.35 bits per heavy atom. The summed E-state index contributed by atoms with van der Waals surface area (Å²) in [5.74, 6) is 0.623. The van der Waals surface area contributed by atoms with Gasteiger partial charge in [-0.2, -0.15) is 0 Å². The van der Waals surface area contributed by atoms with Gasteiger partial charge in [0.05, 0.1) is 5.69 Å². The molecule has 1 aromatic heterocycles. The van der Waals surface area contributed by atoms with Crippen LogP contribution in [0.5, 0.6) is 0 Å². The van der Waals surface area contributed by atoms with E-state index in [4.69, 9.17) is 11.5 Å². The number of nitrogens with zero attached hydrogens (tertiary/aromatic N) is 2. The fraction of sp³-hybridized carbons (Fsp3) is 0.600. The zero-order valence-corrected chi connectivity index (χ0v) is 12.9. The number of pyridine rings is 1. The van der Waals surface area contributed by atoms with Crippen molar-refractivity contribution in [3.05, 3.63) is 17.8 Å². The Bertz CT molecular complexity index is 455. The minimum Gasteiger partial charge on any atom is -0.396 e. The molecule has 0 saturated carbocycles. The van der Waals surface area contributed by atoms with Crippen LogP contribution in [0.4, 0.5) is 11.5 Å². The molecule has 0 aliphatic rings. The molecule has 0 fully saturated rings. The summed E-state index contributed by atoms with van der Waals surface area (Å²) in [6.45, 7) is 9.46. The molecule has 1 rings (SSSR count). The maximum absolute atomic E-state index is 11.3. The van der Waals surface area contributed by atoms with E-state index in [0.29, 0.717) is 23.5 Å². The Balaban J connectivity index is 3.24. The molecule has 5 nitrogen and oxygen atoms in total. The van der Waals surface area contributed by atoms with Gasteiger partial charge in [0.2, 0.25) is 0 Å². The van der Waals surface area contributed by atoms with E-state index in [1.54, 1.807) is 12.1 Å². The SMILES string of the molecule is CCC(CC)N(CC(C)C)c1nc(C(N)=O)ccc1N. The van der Waals surface area contributed by atoms with Gasteiger partial charge >= 0.3 is 0 Å². The number of anilines is 2. The van der Waals surface area contributed by atoms with Crippen LogP contribution in [0.25, 0.3) is 0 Å². The molecule has 1 amide bonds. The molecule has 0 saturated heterocycles. The zero-order chi connectivity index (χ0) is 15.3. The smallest absolute Gasteiger partial charge is 0.267 e. The number of primary amides is 1. The number of nitrogen functional groups attached to an aromatic ring is 1. The summed E-state index contributed by atoms with van der Waals surface area (Å²) in [5.41, 5.74) is 12.2. The average molecular weight is 278 g/mol. The number of carbonyl (C=O) groups is 1. The number of aromatic nitrogens is 1. The molecule has 1 aromatic rings. The second-order valence-corrected chi connectivity index (χ2v) is 5.49. The predicted octanol–water partition coefficient (Wildman–Crippen LogP) is 2.41. The van der Waals surface area contributed by atoms with Crippen LogP contribution in [-0.2, 0) is 0 Å². The second kappa shape index (κ2) is 7.12. The van der Waals surface area contributed by atoms with Gasteiger partial charge in [-0.25, -0.2) is 4.98 Å². The molecule has 0 spiro atoms. The first-order valence-electron chi connectivity index (χ1n) is 7.23. The highest BCUT2D eigenvalue weighted by atomic mass is 16.1. The van der Waals surface area contributed by atoms with Crippen molar-refractivity contribution in [3.63, 3.8) is 0 Å². The number of amides is 1. The lowest BCUT2D eigenvalue weighted by Crippen LogP contribution is -2.38. The third-order valence-electron chi connectivity index (χ3n) is 3.37. The lowest BCUT2D eigenvalue weighted by Gasteiger charge is -2.34. The molecule has 20 heavy (non-hydrogen) atoms. The van der Waals surface area contributed by atoms with E-state index >= 15 is 0 Å². The first-order valence-corrected chi connectivity index (χ1v) is 7.23. The third-order valence-corrected chi connectivity index (χ3v) is 3.37. The Labute approximate surface area is 121 Å². The molecule has 0 radical (unpaired) electrons. The molecule has 0 aliphatic carbocycles. The predicted molar refractivity (Wildman–Crippen MR) is 83.7 cm³/mol. The van der Waals surface area contributed by atoms with Crippen molar-refractivity contribution >= 4 is 17.4 Å². The topological polar surface area (TPSA) is 85.2 Å². The summed E-state index contributed by atoms with van der Waals surface area (Å²) in [6, 6.07) is 3.63. The Morgan fingerprint density at radius 1 is 1.30 bits per heavy atom. The Hall–Kier alpha value is -1.78. The number of hydrogen-bond acceptors (Lipinski definition) is 4. The van der Waals surface area contributed by atoms with Crippen LogP contribution < -0.4 is 16.4 Å². The van der Waals surface area contributed by atoms with Gasteiger partial charge in [0, 0.05) is 12.6 Å². The molecular formula is C15H26N4O. The molecule has 112 valence electrons. The van der Waals surface area contributed by atoms with Crippen molar-refractivity contribution in [3.8, 4) is 0 Å². The highest BCUT2D eigenvalue weighted by Crippen LogP contribution is 2.26. The largest absolute Gasteiger partial charge is 0.396 e. The minimum absolute atomic E-state index is 0.258. The van der Waals surface area contributed by atoms with Gasteiger partial charge in [0.15, 0.2) is 5.82 Å². The van der Waals surface area contributed by atoms with E-state index in [1.807, 2.05) is 0 Å². The normalized spacial score (nSPS) is 11.1. The number of rotatable bonds is 7. The van der Waals surface area contributed by atoms with Crippen molar-refractivity contribution in [2.45, 2.75) is 46.6 Å². The maximum Gasteiger partial charge on any atom is 0.267 e. The second-order valence-electron chi connectivity index (χ2n) is 5.49. The van der Waals surface area contributed by atoms with Crippen molar-refractivity contribution in [2.75, 3.05) is 17.2 Å². The average Bonchev–Trinajstić information content (AvgIpc) is 2.38. The number of hydrogen-bond donors (Lipinski definition) is 2. The molecule has 0 unspecified atom stereocenters. The summed E-state index contributed by atoms with van der Waals surface area (Å²) < 4.78 is 0. The van der Waals surface area contributed by atoms with Crippen LogP contribution in [-0.4, -0.2) is 23.5 Å². The van der Waals surface area contributed by atoms with Gasteiger partial charge in [0.1, 0.15) is 5.69 Å². The van der Waals surface area contributed by atoms with Crippen molar-refractivity contribution in [1.29, 1.82) is 0 Å². The maximum atomic E-state index is 11.3. The number of carbonyl (C=O) groups excluding carboxylic acids is 1. The van der Waals surface area contributed by atoms with Gasteiger partial charge in [-0.15, -0.1) is 0 Å². The molecule has 0 aliphatic heterocycles. The summed E-state index contributed by atoms with van der Waals surface area (Å²) in [6.07, 6.45) is 2.01. The van der Waals surface area contributed by atoms with Crippen LogP contribution in [0.1, 0.15) is 51.0 Å². The van der Waals surface area contributed by atoms with Gasteiger partial charge < -0.3 is 16.4 Å². The first kappa shape index (κ1) is 16.3. The van der Waals surface area contributed by atoms with E-state index in [0.717, 1.165) is 19.4 Å². The lowest BCUT2D eigenvalue weighted by atomic mass is 10.1. The van der Waals surface area contributed by atoms with Gasteiger partial charge in [-0.3, -0.25) is 4.79 Å². The Kier molecular flexibility index (Phi) is 5.80. The molecule has 0 bridgehead atoms. The minimum atomic E-state index is -0.528. The first-order chi connectivity index (χ1) is 9.40. The fourth-order valence-electron chi connectivity index (χ4n) is 2.36. The van der Waals surface area contributed by atoms with E-state index in [9.17, 15) is 4.79 Å². The lowest BCUT2D eigenvalue weighted by molar-refractivity contribution is 0.0995. The highest BCUT2D eigenvalue weighted by Gasteiger charge is 2.21. The monoisotopic (exact) mass is 278 g/mol. The van der Waals surface area contributed by atoms with Crippen molar-refractivity contribution < 1.29 is 4.79 Å². The standard InChI is InChI=1S/C15H26N4O/c1-5-11(6-2)19(9-10(3)4)15-12(16)7-8-13(18-15)14(17)20/h7-8,10-11H,5-6,9,16H2,1-4H3,(H2,17,20). The molecule has 0 aromatic carbocycles. The van der Waals surface area contributed by atoms with Gasteiger partial charge in [0.25, 0.3) is 5.91 Å². The van der Waals surface area contributed by atoms with E-state index < -0.39 is 5.91 Å². The van der Waals surface area contributed by atoms with Crippen molar-refractivity contribution in [2.24, 2.45) is 11.7 Å². The van der Waals surface area contributed by atoms with Crippen LogP contribution in [0.3, 0.4) is 0 Å². The molecule has 0 atom stereocenters. The highest BCUT2D eigenvalue weighted by molar-refractivity contribution is 5.91. The van der Waals surface area contributed by atoms with Gasteiger partial charge in [-0.05, 0) is 30.9 Å². The molecule has 5 heteroatoms. The summed E-state index contributed by atoms with van der Waals surface area (Å²) in [5, 5.41) is 0. The van der Waals surface area contributed by atoms with Gasteiger partial charge in [-0.1, -0.05) is 27.7 Å². The summed E-state index contributed by atoms with van der Waals surface area (Å²) in [7, 11) is 0. The van der Waals surface area contributed by atoms with Crippen LogP contribution in [0.2, 0.25) is 0 Å². The van der Waals surface area contributed by atoms with E-state index in [2.05, 4.69) is 37.6 Å². The quantitative estimate of drug-likeness (QED) is 0.802. The van der Waals surface area contributed by atoms with Crippen LogP contribution >= 0.6 is 0 Å². The number of nitrogens with two attached hydrogens (primary N) is 2. The van der Waals surface area contributed by atoms with Crippen molar-refractivity contribution in [1.82, 2.24) is 4.98 Å². The summed E-state index contributed by atoms with van der Waals surface area (Å²) >= 11 is 0. The Morgan fingerprint density at radius 2 is 1.90 bits per heavy atom. The van der Waals surface area contributed by atoms with E-state index in [1.165, 1.54) is 0 Å². The fourth-order valence-corrected chi connectivity index (χ4v) is 2.36. The molecule has 4 N–H and O–H groups in total. The third kappa shape index (κ3) is 3.85. The zero-order valence-electron chi connectivity index (χ0n) is 12.9. The molecular weight excluding hydrogens is 252 g/mol. The van der Waals surface area contributed by atoms with Crippen LogP contribution in [0.15, 0.2) is 12.1 Å². The van der Waals surface area contributed by atoms with E-state index in [-0.39, 0.29) is 5.69 Å². The van der Waals surface area contributed by atoms with Crippen LogP contribution in [0, 0.1) is 5.92 Å².